The summed E-state index contributed by atoms with van der Waals surface area (Å²) in [7, 11) is 0. The van der Waals surface area contributed by atoms with Gasteiger partial charge in [0.15, 0.2) is 0 Å². The fourth-order valence-electron chi connectivity index (χ4n) is 6.04. The highest BCUT2D eigenvalue weighted by Crippen LogP contribution is 2.30. The summed E-state index contributed by atoms with van der Waals surface area (Å²) in [5.41, 5.74) is 0.485. The molecule has 15 heteroatoms. The van der Waals surface area contributed by atoms with Gasteiger partial charge in [-0.05, 0) is 109 Å². The zero-order chi connectivity index (χ0) is 37.7. The zero-order valence-corrected chi connectivity index (χ0v) is 33.3. The maximum Gasteiger partial charge on any atom is 0.410 e. The highest BCUT2D eigenvalue weighted by Gasteiger charge is 2.37. The van der Waals surface area contributed by atoms with Crippen molar-refractivity contribution >= 4 is 44.0 Å². The Morgan fingerprint density at radius 2 is 1.43 bits per heavy atom. The molecule has 51 heavy (non-hydrogen) atoms. The summed E-state index contributed by atoms with van der Waals surface area (Å²) in [6.45, 7) is 15.8. The number of fused-ring (bicyclic) bond motifs is 1. The largest absolute Gasteiger partial charge is 0.444 e. The summed E-state index contributed by atoms with van der Waals surface area (Å²) in [4.78, 5) is 32.1. The number of amides is 2. The lowest BCUT2D eigenvalue weighted by molar-refractivity contribution is -0.0906. The molecule has 0 radical (unpaired) electrons. The SMILES string of the molecule is CC(C)(C)OC(=O)N1CCN(CC(O)c2ccc(F)c(Br)c2)[C@H](CO)C1.CC(C)(C)OC(=O)N1CCN2C[C@H](c3ccc(F)c(Br)c3)OCC2C1. The van der Waals surface area contributed by atoms with Gasteiger partial charge in [0.25, 0.3) is 0 Å². The van der Waals surface area contributed by atoms with Crippen molar-refractivity contribution < 1.29 is 42.8 Å². The molecule has 2 N–H and O–H groups in total. The summed E-state index contributed by atoms with van der Waals surface area (Å²) in [6.07, 6.45) is -1.58. The van der Waals surface area contributed by atoms with Gasteiger partial charge in [0.2, 0.25) is 0 Å². The molecule has 2 unspecified atom stereocenters. The molecule has 4 atom stereocenters. The molecule has 2 aromatic carbocycles. The number of benzene rings is 2. The standard InChI is InChI=1S/C18H26BrFN2O4.C18H24BrFN2O3/c1-18(2,3)26-17(25)22-7-6-21(13(9-22)11-23)10-16(24)12-4-5-15(20)14(19)8-12;1-18(2,3)25-17(23)22-7-6-21-10-16(24-11-13(21)9-22)12-4-5-15(20)14(19)8-12/h4-5,8,13,16,23-24H,6-7,9-11H2,1-3H3;4-5,8,13,16H,6-7,9-11H2,1-3H3/t13-,16?;13?,16-/m01/s1. The first kappa shape index (κ1) is 41.4. The minimum absolute atomic E-state index is 0.0822. The number of carbonyl (C=O) groups is 2. The molecular formula is C36H50Br2F2N4O7. The Kier molecular flexibility index (Phi) is 14.3. The van der Waals surface area contributed by atoms with E-state index in [0.717, 1.165) is 18.7 Å². The van der Waals surface area contributed by atoms with E-state index in [1.54, 1.807) is 28.0 Å². The van der Waals surface area contributed by atoms with E-state index in [-0.39, 0.29) is 49.1 Å². The summed E-state index contributed by atoms with van der Waals surface area (Å²) < 4.78 is 44.3. The molecule has 0 aromatic heterocycles. The number of carbonyl (C=O) groups excluding carboxylic acids is 2. The van der Waals surface area contributed by atoms with Crippen LogP contribution >= 0.6 is 31.9 Å². The summed E-state index contributed by atoms with van der Waals surface area (Å²) in [6, 6.07) is 9.25. The van der Waals surface area contributed by atoms with Gasteiger partial charge in [-0.15, -0.1) is 0 Å². The van der Waals surface area contributed by atoms with E-state index in [9.17, 15) is 28.6 Å². The zero-order valence-electron chi connectivity index (χ0n) is 30.1. The number of rotatable bonds is 5. The first-order valence-corrected chi connectivity index (χ1v) is 18.7. The third-order valence-corrected chi connectivity index (χ3v) is 9.88. The van der Waals surface area contributed by atoms with Crippen molar-refractivity contribution in [2.24, 2.45) is 0 Å². The molecular weight excluding hydrogens is 798 g/mol. The number of piperazine rings is 2. The van der Waals surface area contributed by atoms with Gasteiger partial charge in [-0.1, -0.05) is 12.1 Å². The molecule has 3 heterocycles. The number of aliphatic hydroxyl groups is 2. The lowest BCUT2D eigenvalue weighted by atomic mass is 10.0. The van der Waals surface area contributed by atoms with Crippen molar-refractivity contribution in [2.45, 2.75) is 77.0 Å². The Bertz CT molecular complexity index is 1510. The van der Waals surface area contributed by atoms with Crippen LogP contribution in [0.3, 0.4) is 0 Å². The topological polar surface area (TPSA) is 115 Å². The van der Waals surface area contributed by atoms with Gasteiger partial charge in [-0.2, -0.15) is 0 Å². The number of hydrogen-bond acceptors (Lipinski definition) is 9. The Balaban J connectivity index is 0.000000229. The second kappa shape index (κ2) is 17.6. The van der Waals surface area contributed by atoms with Crippen LogP contribution in [0.2, 0.25) is 0 Å². The van der Waals surface area contributed by atoms with Crippen molar-refractivity contribution in [1.29, 1.82) is 0 Å². The molecule has 0 aliphatic carbocycles. The number of nitrogens with zero attached hydrogens (tertiary/aromatic N) is 4. The second-order valence-electron chi connectivity index (χ2n) is 15.0. The minimum Gasteiger partial charge on any atom is -0.444 e. The number of halogens is 4. The van der Waals surface area contributed by atoms with Crippen LogP contribution in [0.25, 0.3) is 0 Å². The van der Waals surface area contributed by atoms with Crippen molar-refractivity contribution in [1.82, 2.24) is 19.6 Å². The molecule has 3 fully saturated rings. The molecule has 0 bridgehead atoms. The molecule has 2 amide bonds. The van der Waals surface area contributed by atoms with Crippen LogP contribution in [0.15, 0.2) is 45.3 Å². The van der Waals surface area contributed by atoms with E-state index in [1.807, 2.05) is 46.4 Å². The van der Waals surface area contributed by atoms with Gasteiger partial charge in [0.05, 0.1) is 46.5 Å². The molecule has 3 saturated heterocycles. The van der Waals surface area contributed by atoms with Gasteiger partial charge in [0.1, 0.15) is 22.8 Å². The average molecular weight is 849 g/mol. The van der Waals surface area contributed by atoms with E-state index in [2.05, 4.69) is 36.8 Å². The fraction of sp³-hybridized carbons (Fsp3) is 0.611. The third kappa shape index (κ3) is 12.1. The van der Waals surface area contributed by atoms with Crippen LogP contribution in [0.5, 0.6) is 0 Å². The van der Waals surface area contributed by atoms with Crippen molar-refractivity contribution in [3.05, 3.63) is 68.1 Å². The first-order valence-electron chi connectivity index (χ1n) is 17.1. The highest BCUT2D eigenvalue weighted by molar-refractivity contribution is 9.10. The van der Waals surface area contributed by atoms with Crippen LogP contribution in [0.4, 0.5) is 18.4 Å². The minimum atomic E-state index is -0.825. The molecule has 0 saturated carbocycles. The number of ether oxygens (including phenoxy) is 3. The number of aliphatic hydroxyl groups excluding tert-OH is 2. The molecule has 3 aliphatic heterocycles. The summed E-state index contributed by atoms with van der Waals surface area (Å²) in [5, 5.41) is 20.2. The average Bonchev–Trinajstić information content (AvgIpc) is 3.05. The quantitative estimate of drug-likeness (QED) is 0.368. The molecule has 5 rings (SSSR count). The van der Waals surface area contributed by atoms with Gasteiger partial charge in [-0.25, -0.2) is 18.4 Å². The van der Waals surface area contributed by atoms with Gasteiger partial charge in [-0.3, -0.25) is 9.80 Å². The van der Waals surface area contributed by atoms with Crippen LogP contribution in [-0.4, -0.2) is 131 Å². The van der Waals surface area contributed by atoms with Crippen molar-refractivity contribution in [3.8, 4) is 0 Å². The predicted octanol–water partition coefficient (Wildman–Crippen LogP) is 6.12. The van der Waals surface area contributed by atoms with Gasteiger partial charge >= 0.3 is 12.2 Å². The molecule has 2 aromatic rings. The first-order chi connectivity index (χ1) is 23.8. The Hall–Kier alpha value is -2.40. The number of morpholine rings is 1. The smallest absolute Gasteiger partial charge is 0.410 e. The normalized spacial score (nSPS) is 22.4. The van der Waals surface area contributed by atoms with Gasteiger partial charge in [0, 0.05) is 52.4 Å². The Morgan fingerprint density at radius 1 is 0.863 bits per heavy atom. The molecule has 284 valence electrons. The summed E-state index contributed by atoms with van der Waals surface area (Å²) >= 11 is 6.34. The van der Waals surface area contributed by atoms with E-state index in [4.69, 9.17) is 14.2 Å². The maximum absolute atomic E-state index is 13.4. The second-order valence-corrected chi connectivity index (χ2v) is 16.7. The van der Waals surface area contributed by atoms with E-state index in [0.29, 0.717) is 53.8 Å². The summed E-state index contributed by atoms with van der Waals surface area (Å²) in [5.74, 6) is -0.663. The van der Waals surface area contributed by atoms with Crippen LogP contribution in [0, 0.1) is 11.6 Å². The van der Waals surface area contributed by atoms with E-state index >= 15 is 0 Å². The fourth-order valence-corrected chi connectivity index (χ4v) is 6.83. The maximum atomic E-state index is 13.4. The van der Waals surface area contributed by atoms with Crippen molar-refractivity contribution in [2.75, 3.05) is 65.6 Å². The van der Waals surface area contributed by atoms with E-state index < -0.39 is 23.4 Å². The monoisotopic (exact) mass is 846 g/mol. The van der Waals surface area contributed by atoms with Crippen LogP contribution in [-0.2, 0) is 14.2 Å². The van der Waals surface area contributed by atoms with Crippen LogP contribution in [0.1, 0.15) is 64.9 Å². The number of hydrogen-bond donors (Lipinski definition) is 2. The van der Waals surface area contributed by atoms with Crippen LogP contribution < -0.4 is 0 Å². The predicted molar refractivity (Wildman–Crippen MR) is 195 cm³/mol. The lowest BCUT2D eigenvalue weighted by Crippen LogP contribution is -2.59. The highest BCUT2D eigenvalue weighted by atomic mass is 79.9. The Morgan fingerprint density at radius 3 is 2.00 bits per heavy atom. The van der Waals surface area contributed by atoms with Crippen molar-refractivity contribution in [3.63, 3.8) is 0 Å². The third-order valence-electron chi connectivity index (χ3n) is 8.66. The molecule has 0 spiro atoms. The Labute approximate surface area is 316 Å². The van der Waals surface area contributed by atoms with E-state index in [1.165, 1.54) is 18.2 Å². The van der Waals surface area contributed by atoms with Gasteiger partial charge < -0.3 is 34.2 Å². The molecule has 11 nitrogen and oxygen atoms in total. The lowest BCUT2D eigenvalue weighted by Gasteiger charge is -2.46. The molecule has 3 aliphatic rings. The number of β-amino-alcohol motifs (C(OH)–C–C–N with tert-alkyl or cyclic N) is 1.